The maximum absolute atomic E-state index is 11.3. The van der Waals surface area contributed by atoms with Gasteiger partial charge in [-0.1, -0.05) is 27.7 Å². The van der Waals surface area contributed by atoms with Crippen molar-refractivity contribution in [2.45, 2.75) is 27.7 Å². The largest absolute Gasteiger partial charge is 0.379 e. The predicted molar refractivity (Wildman–Crippen MR) is 67.7 cm³/mol. The number of nitrogens with one attached hydrogen (secondary N) is 1. The van der Waals surface area contributed by atoms with E-state index in [4.69, 9.17) is 4.74 Å². The molecule has 98 valence electrons. The van der Waals surface area contributed by atoms with Crippen LogP contribution in [-0.4, -0.2) is 31.4 Å². The summed E-state index contributed by atoms with van der Waals surface area (Å²) in [4.78, 5) is 22.5. The predicted octanol–water partition coefficient (Wildman–Crippen LogP) is 1.56. The Morgan fingerprint density at radius 3 is 2.35 bits per heavy atom. The van der Waals surface area contributed by atoms with Crippen LogP contribution in [0, 0.1) is 11.8 Å². The third kappa shape index (κ3) is 9.75. The molecule has 1 N–H and O–H groups in total. The Morgan fingerprint density at radius 2 is 1.82 bits per heavy atom. The fraction of sp³-hybridized carbons (Fsp3) is 0.692. The first kappa shape index (κ1) is 15.8. The van der Waals surface area contributed by atoms with Crippen molar-refractivity contribution < 1.29 is 14.3 Å². The summed E-state index contributed by atoms with van der Waals surface area (Å²) in [6.07, 6.45) is 2.58. The second-order valence-electron chi connectivity index (χ2n) is 4.65. The van der Waals surface area contributed by atoms with Crippen LogP contribution < -0.4 is 5.32 Å². The molecular weight excluding hydrogens is 218 g/mol. The lowest BCUT2D eigenvalue weighted by molar-refractivity contribution is -0.119. The van der Waals surface area contributed by atoms with E-state index < -0.39 is 0 Å². The van der Waals surface area contributed by atoms with Crippen LogP contribution in [0.15, 0.2) is 12.2 Å². The quantitative estimate of drug-likeness (QED) is 0.518. The van der Waals surface area contributed by atoms with Crippen LogP contribution in [0.4, 0.5) is 0 Å². The van der Waals surface area contributed by atoms with Crippen molar-refractivity contribution in [2.75, 3.05) is 19.8 Å². The van der Waals surface area contributed by atoms with Crippen molar-refractivity contribution >= 4 is 11.7 Å². The van der Waals surface area contributed by atoms with Crippen molar-refractivity contribution in [1.82, 2.24) is 5.32 Å². The average Bonchev–Trinajstić information content (AvgIpc) is 2.24. The molecule has 0 saturated heterocycles. The topological polar surface area (TPSA) is 55.4 Å². The van der Waals surface area contributed by atoms with Crippen molar-refractivity contribution in [2.24, 2.45) is 11.8 Å². The first-order chi connectivity index (χ1) is 7.93. The van der Waals surface area contributed by atoms with E-state index in [1.54, 1.807) is 13.8 Å². The van der Waals surface area contributed by atoms with Gasteiger partial charge in [-0.05, 0) is 12.0 Å². The van der Waals surface area contributed by atoms with Gasteiger partial charge in [-0.2, -0.15) is 0 Å². The number of hydrogen-bond donors (Lipinski definition) is 1. The Bertz CT molecular complexity index is 270. The molecule has 0 rings (SSSR count). The molecule has 0 aliphatic rings. The van der Waals surface area contributed by atoms with E-state index in [2.05, 4.69) is 19.2 Å². The number of amides is 1. The average molecular weight is 241 g/mol. The Kier molecular flexibility index (Phi) is 8.32. The van der Waals surface area contributed by atoms with E-state index in [1.165, 1.54) is 12.2 Å². The number of carbonyl (C=O) groups is 2. The summed E-state index contributed by atoms with van der Waals surface area (Å²) in [5.41, 5.74) is 0. The zero-order chi connectivity index (χ0) is 13.3. The zero-order valence-electron chi connectivity index (χ0n) is 11.2. The van der Waals surface area contributed by atoms with Crippen LogP contribution in [0.3, 0.4) is 0 Å². The maximum Gasteiger partial charge on any atom is 0.244 e. The standard InChI is InChI=1S/C13H23NO3/c1-10(2)9-17-8-7-14-13(16)6-5-12(15)11(3)4/h5-6,10-11H,7-9H2,1-4H3,(H,14,16)/b6-5-. The van der Waals surface area contributed by atoms with Crippen LogP contribution in [0.5, 0.6) is 0 Å². The molecule has 0 aliphatic heterocycles. The van der Waals surface area contributed by atoms with E-state index in [9.17, 15) is 9.59 Å². The van der Waals surface area contributed by atoms with Gasteiger partial charge in [0.05, 0.1) is 6.61 Å². The van der Waals surface area contributed by atoms with Crippen molar-refractivity contribution in [1.29, 1.82) is 0 Å². The van der Waals surface area contributed by atoms with Gasteiger partial charge < -0.3 is 10.1 Å². The fourth-order valence-electron chi connectivity index (χ4n) is 0.975. The van der Waals surface area contributed by atoms with E-state index in [0.717, 1.165) is 0 Å². The molecule has 4 heteroatoms. The Morgan fingerprint density at radius 1 is 1.18 bits per heavy atom. The van der Waals surface area contributed by atoms with Gasteiger partial charge in [0.2, 0.25) is 5.91 Å². The lowest BCUT2D eigenvalue weighted by atomic mass is 10.1. The van der Waals surface area contributed by atoms with Crippen molar-refractivity contribution in [3.63, 3.8) is 0 Å². The summed E-state index contributed by atoms with van der Waals surface area (Å²) in [6.45, 7) is 9.38. The van der Waals surface area contributed by atoms with Crippen LogP contribution in [0.25, 0.3) is 0 Å². The number of hydrogen-bond acceptors (Lipinski definition) is 3. The third-order valence-electron chi connectivity index (χ3n) is 1.96. The van der Waals surface area contributed by atoms with Gasteiger partial charge >= 0.3 is 0 Å². The van der Waals surface area contributed by atoms with E-state index in [1.807, 2.05) is 0 Å². The minimum absolute atomic E-state index is 0.0452. The Hall–Kier alpha value is -1.16. The van der Waals surface area contributed by atoms with Crippen LogP contribution in [-0.2, 0) is 14.3 Å². The zero-order valence-corrected chi connectivity index (χ0v) is 11.2. The van der Waals surface area contributed by atoms with E-state index in [-0.39, 0.29) is 17.6 Å². The summed E-state index contributed by atoms with van der Waals surface area (Å²) in [7, 11) is 0. The minimum Gasteiger partial charge on any atom is -0.379 e. The second-order valence-corrected chi connectivity index (χ2v) is 4.65. The van der Waals surface area contributed by atoms with E-state index >= 15 is 0 Å². The SMILES string of the molecule is CC(C)COCCNC(=O)/C=C\C(=O)C(C)C. The molecular formula is C13H23NO3. The van der Waals surface area contributed by atoms with Gasteiger partial charge in [-0.25, -0.2) is 0 Å². The molecule has 0 atom stereocenters. The summed E-state index contributed by atoms with van der Waals surface area (Å²) < 4.78 is 5.30. The van der Waals surface area contributed by atoms with Crippen molar-refractivity contribution in [3.8, 4) is 0 Å². The molecule has 0 aromatic carbocycles. The highest BCUT2D eigenvalue weighted by molar-refractivity contribution is 5.98. The van der Waals surface area contributed by atoms with Gasteiger partial charge in [0.1, 0.15) is 0 Å². The molecule has 0 aliphatic carbocycles. The molecule has 0 fully saturated rings. The third-order valence-corrected chi connectivity index (χ3v) is 1.96. The molecule has 0 aromatic heterocycles. The monoisotopic (exact) mass is 241 g/mol. The number of ether oxygens (including phenoxy) is 1. The molecule has 1 amide bonds. The normalized spacial score (nSPS) is 11.4. The number of rotatable bonds is 8. The number of allylic oxidation sites excluding steroid dienone is 1. The number of carbonyl (C=O) groups excluding carboxylic acids is 2. The summed E-state index contributed by atoms with van der Waals surface area (Å²) in [6, 6.07) is 0. The van der Waals surface area contributed by atoms with Crippen LogP contribution in [0.2, 0.25) is 0 Å². The summed E-state index contributed by atoms with van der Waals surface area (Å²) >= 11 is 0. The highest BCUT2D eigenvalue weighted by atomic mass is 16.5. The highest BCUT2D eigenvalue weighted by Gasteiger charge is 2.03. The lowest BCUT2D eigenvalue weighted by Gasteiger charge is -2.06. The Labute approximate surface area is 103 Å². The molecule has 0 saturated carbocycles. The van der Waals surface area contributed by atoms with Crippen LogP contribution in [0.1, 0.15) is 27.7 Å². The fourth-order valence-corrected chi connectivity index (χ4v) is 0.975. The lowest BCUT2D eigenvalue weighted by Crippen LogP contribution is -2.26. The molecule has 0 bridgehead atoms. The highest BCUT2D eigenvalue weighted by Crippen LogP contribution is 1.95. The number of ketones is 1. The summed E-state index contributed by atoms with van der Waals surface area (Å²) in [5.74, 6) is 0.117. The van der Waals surface area contributed by atoms with Crippen LogP contribution >= 0.6 is 0 Å². The molecule has 0 radical (unpaired) electrons. The summed E-state index contributed by atoms with van der Waals surface area (Å²) in [5, 5.41) is 2.65. The second kappa shape index (κ2) is 8.93. The Balaban J connectivity index is 3.63. The van der Waals surface area contributed by atoms with E-state index in [0.29, 0.717) is 25.7 Å². The molecule has 0 spiro atoms. The molecule has 17 heavy (non-hydrogen) atoms. The molecule has 4 nitrogen and oxygen atoms in total. The van der Waals surface area contributed by atoms with Crippen molar-refractivity contribution in [3.05, 3.63) is 12.2 Å². The first-order valence-electron chi connectivity index (χ1n) is 6.01. The van der Waals surface area contributed by atoms with Gasteiger partial charge in [0.15, 0.2) is 5.78 Å². The molecule has 0 heterocycles. The maximum atomic E-state index is 11.3. The minimum atomic E-state index is -0.257. The smallest absolute Gasteiger partial charge is 0.244 e. The van der Waals surface area contributed by atoms with Gasteiger partial charge in [-0.3, -0.25) is 9.59 Å². The van der Waals surface area contributed by atoms with Gasteiger partial charge in [-0.15, -0.1) is 0 Å². The first-order valence-corrected chi connectivity index (χ1v) is 6.01. The van der Waals surface area contributed by atoms with Gasteiger partial charge in [0, 0.05) is 25.1 Å². The molecule has 0 unspecified atom stereocenters. The molecule has 0 aromatic rings. The van der Waals surface area contributed by atoms with Gasteiger partial charge in [0.25, 0.3) is 0 Å².